The first kappa shape index (κ1) is 43.0. The smallest absolute Gasteiger partial charge is 0.249 e. The summed E-state index contributed by atoms with van der Waals surface area (Å²) >= 11 is 0. The van der Waals surface area contributed by atoms with Gasteiger partial charge in [-0.05, 0) is 45.1 Å². The highest BCUT2D eigenvalue weighted by Gasteiger charge is 2.41. The van der Waals surface area contributed by atoms with Crippen molar-refractivity contribution in [3.63, 3.8) is 0 Å². The Hall–Kier alpha value is -1.21. The normalized spacial score (nSPS) is 39.0. The highest BCUT2D eigenvalue weighted by Crippen LogP contribution is 2.27. The Morgan fingerprint density at radius 3 is 2.25 bits per heavy atom. The molecule has 3 saturated heterocycles. The van der Waals surface area contributed by atoms with E-state index in [-0.39, 0.29) is 69.4 Å². The Labute approximate surface area is 280 Å². The van der Waals surface area contributed by atoms with Crippen LogP contribution in [0.1, 0.15) is 51.4 Å². The van der Waals surface area contributed by atoms with E-state index in [9.17, 15) is 25.2 Å². The third-order valence-corrected chi connectivity index (χ3v) is 8.51. The molecule has 1 saturated carbocycles. The van der Waals surface area contributed by atoms with Crippen LogP contribution in [0, 0.1) is 0 Å². The zero-order valence-corrected chi connectivity index (χ0v) is 27.4. The minimum Gasteiger partial charge on any atom is -0.395 e. The summed E-state index contributed by atoms with van der Waals surface area (Å²) in [5.41, 5.74) is 21.9. The summed E-state index contributed by atoms with van der Waals surface area (Å²) in [5, 5.41) is 79.2. The molecule has 284 valence electrons. The van der Waals surface area contributed by atoms with Crippen molar-refractivity contribution in [1.29, 1.82) is 0 Å². The lowest BCUT2D eigenvalue weighted by Crippen LogP contribution is -2.62. The molecule has 14 atom stereocenters. The van der Waals surface area contributed by atoms with E-state index >= 15 is 0 Å². The van der Waals surface area contributed by atoms with Crippen molar-refractivity contribution in [2.75, 3.05) is 39.4 Å². The Morgan fingerprint density at radius 1 is 0.896 bits per heavy atom. The molecule has 4 fully saturated rings. The van der Waals surface area contributed by atoms with E-state index in [4.69, 9.17) is 62.3 Å². The van der Waals surface area contributed by atoms with Gasteiger partial charge in [0.15, 0.2) is 18.9 Å². The molecule has 0 spiro atoms. The molecule has 0 aromatic heterocycles. The second-order valence-corrected chi connectivity index (χ2v) is 12.5. The van der Waals surface area contributed by atoms with E-state index in [0.717, 1.165) is 12.8 Å². The third-order valence-electron chi connectivity index (χ3n) is 8.51. The highest BCUT2D eigenvalue weighted by molar-refractivity contribution is 5.80. The van der Waals surface area contributed by atoms with Gasteiger partial charge in [-0.15, -0.1) is 0 Å². The van der Waals surface area contributed by atoms with E-state index in [1.165, 1.54) is 0 Å². The van der Waals surface area contributed by atoms with E-state index in [0.29, 0.717) is 45.2 Å². The van der Waals surface area contributed by atoms with Crippen molar-refractivity contribution in [1.82, 2.24) is 10.6 Å². The maximum atomic E-state index is 11.9. The fourth-order valence-corrected chi connectivity index (χ4v) is 5.78. The van der Waals surface area contributed by atoms with Crippen LogP contribution < -0.4 is 33.6 Å². The standard InChI is InChI=1S/C15H29N3O5.C8H17NO4.C6H14N2O4/c16-4-3-13(20)15(21)18-10-5-9(17)6-12(7-10)23-14-2-1-11(8-19)22-14;10-4-3-9-5-7-6(11)1-2-8(12)13-7;7-1-2-4(9)5(10)3(8)6(11)12-2/h9-14,19-20H,1-8,16-17H2,(H,18,21);6-12H,1-5H2;2-6,9-11H,1,7-8H2/t;6-,7?,8-;2-,3+,4+,5?,6-/m.00/s1. The van der Waals surface area contributed by atoms with Crippen LogP contribution in [0.15, 0.2) is 0 Å². The fourth-order valence-electron chi connectivity index (χ4n) is 5.78. The molecule has 19 nitrogen and oxygen atoms in total. The number of carbonyl (C=O) groups is 1. The zero-order chi connectivity index (χ0) is 35.8. The number of rotatable bonds is 12. The molecule has 18 N–H and O–H groups in total. The van der Waals surface area contributed by atoms with Gasteiger partial charge in [-0.25, -0.2) is 0 Å². The van der Waals surface area contributed by atoms with Crippen molar-refractivity contribution in [2.45, 2.75) is 137 Å². The maximum Gasteiger partial charge on any atom is 0.249 e. The van der Waals surface area contributed by atoms with Gasteiger partial charge in [0.1, 0.15) is 24.4 Å². The molecule has 1 aliphatic carbocycles. The quantitative estimate of drug-likeness (QED) is 0.0842. The van der Waals surface area contributed by atoms with Gasteiger partial charge in [0, 0.05) is 44.6 Å². The number of carbonyl (C=O) groups excluding carboxylic acids is 1. The van der Waals surface area contributed by atoms with Crippen molar-refractivity contribution in [3.05, 3.63) is 0 Å². The second-order valence-electron chi connectivity index (χ2n) is 12.5. The Bertz CT molecular complexity index is 883. The zero-order valence-electron chi connectivity index (χ0n) is 27.4. The minimum absolute atomic E-state index is 0.00174. The van der Waals surface area contributed by atoms with Gasteiger partial charge in [0.05, 0.1) is 43.7 Å². The molecule has 0 radical (unpaired) electrons. The monoisotopic (exact) mass is 700 g/mol. The van der Waals surface area contributed by atoms with Gasteiger partial charge in [0.2, 0.25) is 5.91 Å². The molecule has 8 unspecified atom stereocenters. The summed E-state index contributed by atoms with van der Waals surface area (Å²) < 4.78 is 21.4. The van der Waals surface area contributed by atoms with Gasteiger partial charge in [0.25, 0.3) is 0 Å². The van der Waals surface area contributed by atoms with Crippen LogP contribution in [-0.2, 0) is 23.7 Å². The van der Waals surface area contributed by atoms with Crippen molar-refractivity contribution >= 4 is 5.91 Å². The average Bonchev–Trinajstić information content (AvgIpc) is 3.51. The molecule has 4 aliphatic rings. The molecule has 0 bridgehead atoms. The van der Waals surface area contributed by atoms with Crippen LogP contribution in [0.2, 0.25) is 0 Å². The second kappa shape index (κ2) is 22.6. The Kier molecular flexibility index (Phi) is 20.2. The molecule has 0 aromatic rings. The first-order valence-electron chi connectivity index (χ1n) is 16.7. The number of ether oxygens (including phenoxy) is 4. The SMILES string of the molecule is NCCC(O)C(=O)NC1CC(N)CC(OC2CCC(CO)O2)C1.NC[C@@H]1O[C@H](O)[C@H](N)C(O)[C@@H]1O.OCCNCC1O[C@H](O)CC[C@@H]1O. The number of hydrogen-bond acceptors (Lipinski definition) is 18. The Morgan fingerprint density at radius 2 is 1.62 bits per heavy atom. The largest absolute Gasteiger partial charge is 0.395 e. The highest BCUT2D eigenvalue weighted by atomic mass is 16.7. The van der Waals surface area contributed by atoms with Gasteiger partial charge in [-0.3, -0.25) is 4.79 Å². The fraction of sp³-hybridized carbons (Fsp3) is 0.966. The van der Waals surface area contributed by atoms with Crippen LogP contribution >= 0.6 is 0 Å². The average molecular weight is 701 g/mol. The van der Waals surface area contributed by atoms with Crippen LogP contribution in [0.25, 0.3) is 0 Å². The number of nitrogens with one attached hydrogen (secondary N) is 2. The Balaban J connectivity index is 0.000000272. The number of nitrogens with two attached hydrogens (primary N) is 4. The summed E-state index contributed by atoms with van der Waals surface area (Å²) in [4.78, 5) is 11.9. The topological polar surface area (TPSA) is 344 Å². The molecule has 3 aliphatic heterocycles. The van der Waals surface area contributed by atoms with Crippen molar-refractivity contribution in [3.8, 4) is 0 Å². The molecule has 4 rings (SSSR count). The molecular formula is C29H60N6O13. The van der Waals surface area contributed by atoms with E-state index in [1.54, 1.807) is 0 Å². The van der Waals surface area contributed by atoms with Gasteiger partial charge in [-0.1, -0.05) is 0 Å². The maximum absolute atomic E-state index is 11.9. The summed E-state index contributed by atoms with van der Waals surface area (Å²) in [7, 11) is 0. The predicted molar refractivity (Wildman–Crippen MR) is 169 cm³/mol. The number of amides is 1. The van der Waals surface area contributed by atoms with E-state index < -0.39 is 55.0 Å². The summed E-state index contributed by atoms with van der Waals surface area (Å²) in [6.45, 7) is 1.28. The first-order chi connectivity index (χ1) is 22.8. The van der Waals surface area contributed by atoms with Crippen molar-refractivity contribution in [2.24, 2.45) is 22.9 Å². The number of aliphatic hydroxyl groups excluding tert-OH is 8. The molecule has 1 amide bonds. The third kappa shape index (κ3) is 14.6. The number of aliphatic hydroxyl groups is 8. The summed E-state index contributed by atoms with van der Waals surface area (Å²) in [6, 6.07) is -1.18. The molecule has 0 aromatic carbocycles. The van der Waals surface area contributed by atoms with Crippen LogP contribution in [0.3, 0.4) is 0 Å². The van der Waals surface area contributed by atoms with Crippen LogP contribution in [0.4, 0.5) is 0 Å². The van der Waals surface area contributed by atoms with Gasteiger partial charge >= 0.3 is 0 Å². The van der Waals surface area contributed by atoms with Crippen molar-refractivity contribution < 1.29 is 64.6 Å². The molecule has 19 heteroatoms. The van der Waals surface area contributed by atoms with E-state index in [1.807, 2.05) is 0 Å². The van der Waals surface area contributed by atoms with Crippen LogP contribution in [-0.4, -0.2) is 172 Å². The van der Waals surface area contributed by atoms with E-state index in [2.05, 4.69) is 10.6 Å². The predicted octanol–water partition coefficient (Wildman–Crippen LogP) is -6.29. The molecule has 3 heterocycles. The van der Waals surface area contributed by atoms with Gasteiger partial charge < -0.3 is 93.4 Å². The molecular weight excluding hydrogens is 640 g/mol. The van der Waals surface area contributed by atoms with Crippen LogP contribution in [0.5, 0.6) is 0 Å². The van der Waals surface area contributed by atoms with Gasteiger partial charge in [-0.2, -0.15) is 0 Å². The lowest BCUT2D eigenvalue weighted by Gasteiger charge is -2.38. The number of hydrogen-bond donors (Lipinski definition) is 14. The first-order valence-corrected chi connectivity index (χ1v) is 16.7. The lowest BCUT2D eigenvalue weighted by atomic mass is 9.89. The lowest BCUT2D eigenvalue weighted by molar-refractivity contribution is -0.238. The minimum atomic E-state index is -1.27. The summed E-state index contributed by atoms with van der Waals surface area (Å²) in [6.07, 6.45) is -2.82. The molecule has 48 heavy (non-hydrogen) atoms. The summed E-state index contributed by atoms with van der Waals surface area (Å²) in [5.74, 6) is -0.411.